The van der Waals surface area contributed by atoms with E-state index in [9.17, 15) is 9.59 Å². The summed E-state index contributed by atoms with van der Waals surface area (Å²) in [5.74, 6) is -0.226. The van der Waals surface area contributed by atoms with Gasteiger partial charge >= 0.3 is 6.09 Å². The smallest absolute Gasteiger partial charge is 0.410 e. The van der Waals surface area contributed by atoms with E-state index < -0.39 is 6.09 Å². The van der Waals surface area contributed by atoms with Crippen molar-refractivity contribution in [3.8, 4) is 0 Å². The van der Waals surface area contributed by atoms with Crippen molar-refractivity contribution in [1.29, 1.82) is 0 Å². The van der Waals surface area contributed by atoms with Gasteiger partial charge in [0.05, 0.1) is 6.54 Å². The monoisotopic (exact) mass is 312 g/mol. The van der Waals surface area contributed by atoms with Crippen LogP contribution in [0.3, 0.4) is 0 Å². The number of cyclic esters (lactones) is 1. The van der Waals surface area contributed by atoms with Crippen LogP contribution in [0.5, 0.6) is 0 Å². The van der Waals surface area contributed by atoms with Crippen LogP contribution in [0.25, 0.3) is 0 Å². The molecule has 0 saturated carbocycles. The number of ether oxygens (including phenoxy) is 1. The number of nitrogens with zero attached hydrogens (tertiary/aromatic N) is 1. The van der Waals surface area contributed by atoms with E-state index in [-0.39, 0.29) is 12.5 Å². The molecule has 0 radical (unpaired) electrons. The van der Waals surface area contributed by atoms with Crippen molar-refractivity contribution in [3.63, 3.8) is 0 Å². The maximum Gasteiger partial charge on any atom is 0.410 e. The number of carbonyl (C=O) groups excluding carboxylic acids is 2. The van der Waals surface area contributed by atoms with Crippen LogP contribution in [-0.4, -0.2) is 36.6 Å². The van der Waals surface area contributed by atoms with Crippen molar-refractivity contribution >= 4 is 33.6 Å². The number of halogens is 1. The molecule has 1 aliphatic heterocycles. The van der Waals surface area contributed by atoms with Gasteiger partial charge in [-0.1, -0.05) is 15.9 Å². The average molecular weight is 313 g/mol. The molecule has 1 aromatic rings. The number of benzene rings is 1. The molecule has 1 heterocycles. The molecule has 1 aliphatic rings. The lowest BCUT2D eigenvalue weighted by molar-refractivity contribution is -0.116. The molecule has 5 nitrogen and oxygen atoms in total. The lowest BCUT2D eigenvalue weighted by atomic mass is 10.2. The van der Waals surface area contributed by atoms with E-state index in [0.29, 0.717) is 18.8 Å². The Morgan fingerprint density at radius 1 is 1.56 bits per heavy atom. The minimum atomic E-state index is -0.433. The molecule has 6 heteroatoms. The molecule has 0 bridgehead atoms. The van der Waals surface area contributed by atoms with Gasteiger partial charge in [-0.15, -0.1) is 0 Å². The predicted octanol–water partition coefficient (Wildman–Crippen LogP) is 2.15. The van der Waals surface area contributed by atoms with E-state index in [1.54, 1.807) is 6.07 Å². The number of anilines is 1. The lowest BCUT2D eigenvalue weighted by Gasteiger charge is -2.12. The Morgan fingerprint density at radius 3 is 2.94 bits per heavy atom. The molecular weight excluding hydrogens is 300 g/mol. The largest absolute Gasteiger partial charge is 0.448 e. The van der Waals surface area contributed by atoms with Crippen molar-refractivity contribution in [2.24, 2.45) is 0 Å². The lowest BCUT2D eigenvalue weighted by Crippen LogP contribution is -2.33. The zero-order valence-electron chi connectivity index (χ0n) is 9.90. The number of hydrogen-bond acceptors (Lipinski definition) is 3. The summed E-state index contributed by atoms with van der Waals surface area (Å²) in [5.41, 5.74) is 1.75. The van der Waals surface area contributed by atoms with Gasteiger partial charge in [-0.2, -0.15) is 0 Å². The summed E-state index contributed by atoms with van der Waals surface area (Å²) in [6.45, 7) is 2.78. The van der Waals surface area contributed by atoms with Gasteiger partial charge in [-0.3, -0.25) is 9.69 Å². The fraction of sp³-hybridized carbons (Fsp3) is 0.333. The molecule has 1 aromatic carbocycles. The van der Waals surface area contributed by atoms with Crippen molar-refractivity contribution in [3.05, 3.63) is 28.2 Å². The molecule has 18 heavy (non-hydrogen) atoms. The van der Waals surface area contributed by atoms with Gasteiger partial charge in [-0.05, 0) is 30.7 Å². The van der Waals surface area contributed by atoms with E-state index >= 15 is 0 Å². The van der Waals surface area contributed by atoms with E-state index in [4.69, 9.17) is 4.74 Å². The van der Waals surface area contributed by atoms with E-state index in [2.05, 4.69) is 21.2 Å². The molecule has 96 valence electrons. The molecule has 0 aliphatic carbocycles. The zero-order valence-corrected chi connectivity index (χ0v) is 11.5. The summed E-state index contributed by atoms with van der Waals surface area (Å²) in [7, 11) is 0. The summed E-state index contributed by atoms with van der Waals surface area (Å²) in [6.07, 6.45) is -0.433. The SMILES string of the molecule is Cc1cc(NC(=O)CN2CCOC2=O)ccc1Br. The van der Waals surface area contributed by atoms with Crippen LogP contribution in [0.4, 0.5) is 10.5 Å². The summed E-state index contributed by atoms with van der Waals surface area (Å²) in [5, 5.41) is 2.75. The van der Waals surface area contributed by atoms with Crippen LogP contribution in [0.15, 0.2) is 22.7 Å². The number of amides is 2. The second-order valence-corrected chi connectivity index (χ2v) is 4.90. The first-order valence-corrected chi connectivity index (χ1v) is 6.33. The Bertz CT molecular complexity index is 490. The van der Waals surface area contributed by atoms with Gasteiger partial charge in [0.15, 0.2) is 0 Å². The number of nitrogens with one attached hydrogen (secondary N) is 1. The van der Waals surface area contributed by atoms with Crippen LogP contribution in [0.2, 0.25) is 0 Å². The summed E-state index contributed by atoms with van der Waals surface area (Å²) >= 11 is 3.39. The Labute approximate surface area is 113 Å². The summed E-state index contributed by atoms with van der Waals surface area (Å²) in [4.78, 5) is 24.3. The molecule has 0 atom stereocenters. The molecule has 1 saturated heterocycles. The molecule has 1 N–H and O–H groups in total. The number of aryl methyl sites for hydroxylation is 1. The summed E-state index contributed by atoms with van der Waals surface area (Å²) in [6, 6.07) is 5.54. The number of rotatable bonds is 3. The van der Waals surface area contributed by atoms with Crippen LogP contribution < -0.4 is 5.32 Å². The van der Waals surface area contributed by atoms with Crippen LogP contribution in [0, 0.1) is 6.92 Å². The van der Waals surface area contributed by atoms with Gasteiger partial charge in [0, 0.05) is 10.2 Å². The third kappa shape index (κ3) is 3.01. The van der Waals surface area contributed by atoms with Crippen molar-refractivity contribution in [2.75, 3.05) is 25.0 Å². The maximum absolute atomic E-state index is 11.7. The highest BCUT2D eigenvalue weighted by Crippen LogP contribution is 2.20. The highest BCUT2D eigenvalue weighted by atomic mass is 79.9. The highest BCUT2D eigenvalue weighted by molar-refractivity contribution is 9.10. The minimum Gasteiger partial charge on any atom is -0.448 e. The van der Waals surface area contributed by atoms with E-state index in [1.165, 1.54) is 4.90 Å². The topological polar surface area (TPSA) is 58.6 Å². The molecule has 0 aromatic heterocycles. The molecule has 1 fully saturated rings. The predicted molar refractivity (Wildman–Crippen MR) is 70.4 cm³/mol. The van der Waals surface area contributed by atoms with Gasteiger partial charge in [0.25, 0.3) is 0 Å². The first kappa shape index (κ1) is 12.9. The van der Waals surface area contributed by atoms with Crippen molar-refractivity contribution in [2.45, 2.75) is 6.92 Å². The first-order valence-electron chi connectivity index (χ1n) is 5.54. The zero-order chi connectivity index (χ0) is 13.1. The Kier molecular flexibility index (Phi) is 3.86. The minimum absolute atomic E-state index is 0.0218. The number of hydrogen-bond donors (Lipinski definition) is 1. The fourth-order valence-electron chi connectivity index (χ4n) is 1.67. The van der Waals surface area contributed by atoms with Crippen molar-refractivity contribution in [1.82, 2.24) is 4.90 Å². The first-order chi connectivity index (χ1) is 8.56. The second-order valence-electron chi connectivity index (χ2n) is 4.05. The molecule has 2 rings (SSSR count). The summed E-state index contributed by atoms with van der Waals surface area (Å²) < 4.78 is 5.74. The maximum atomic E-state index is 11.7. The fourth-order valence-corrected chi connectivity index (χ4v) is 1.91. The van der Waals surface area contributed by atoms with Gasteiger partial charge in [0.2, 0.25) is 5.91 Å². The van der Waals surface area contributed by atoms with Gasteiger partial charge in [-0.25, -0.2) is 4.79 Å². The normalized spacial score (nSPS) is 14.6. The van der Waals surface area contributed by atoms with E-state index in [0.717, 1.165) is 10.0 Å². The van der Waals surface area contributed by atoms with Crippen molar-refractivity contribution < 1.29 is 14.3 Å². The second kappa shape index (κ2) is 5.39. The van der Waals surface area contributed by atoms with E-state index in [1.807, 2.05) is 19.1 Å². The number of carbonyl (C=O) groups is 2. The van der Waals surface area contributed by atoms with Crippen LogP contribution in [-0.2, 0) is 9.53 Å². The third-order valence-corrected chi connectivity index (χ3v) is 3.51. The Balaban J connectivity index is 1.94. The van der Waals surface area contributed by atoms with Gasteiger partial charge in [0.1, 0.15) is 13.2 Å². The van der Waals surface area contributed by atoms with Crippen LogP contribution in [0.1, 0.15) is 5.56 Å². The Hall–Kier alpha value is -1.56. The van der Waals surface area contributed by atoms with Gasteiger partial charge < -0.3 is 10.1 Å². The highest BCUT2D eigenvalue weighted by Gasteiger charge is 2.23. The molecule has 2 amide bonds. The quantitative estimate of drug-likeness (QED) is 0.930. The van der Waals surface area contributed by atoms with Crippen LogP contribution >= 0.6 is 15.9 Å². The average Bonchev–Trinajstić information content (AvgIpc) is 2.70. The molecule has 0 spiro atoms. The molecule has 0 unspecified atom stereocenters. The standard InChI is InChI=1S/C12H13BrN2O3/c1-8-6-9(2-3-10(8)13)14-11(16)7-15-4-5-18-12(15)17/h2-3,6H,4-5,7H2,1H3,(H,14,16). The third-order valence-electron chi connectivity index (χ3n) is 2.62. The Morgan fingerprint density at radius 2 is 2.33 bits per heavy atom. The molecular formula is C12H13BrN2O3.